The van der Waals surface area contributed by atoms with Gasteiger partial charge in [-0.15, -0.1) is 0 Å². The summed E-state index contributed by atoms with van der Waals surface area (Å²) < 4.78 is 16.0. The Balaban J connectivity index is 2.63. The van der Waals surface area contributed by atoms with Crippen molar-refractivity contribution >= 4 is 0 Å². The molecular weight excluding hydrogens is 184 g/mol. The summed E-state index contributed by atoms with van der Waals surface area (Å²) in [7, 11) is 3.37. The minimum absolute atomic E-state index is 0.0152. The van der Waals surface area contributed by atoms with Crippen molar-refractivity contribution in [2.24, 2.45) is 5.84 Å². The average molecular weight is 204 g/mol. The molecule has 3 N–H and O–H groups in total. The second-order valence-corrected chi connectivity index (χ2v) is 3.56. The van der Waals surface area contributed by atoms with Crippen LogP contribution in [0.3, 0.4) is 0 Å². The van der Waals surface area contributed by atoms with Crippen LogP contribution >= 0.6 is 0 Å². The zero-order valence-corrected chi connectivity index (χ0v) is 8.91. The molecule has 1 saturated heterocycles. The molecule has 1 atom stereocenters. The lowest BCUT2D eigenvalue weighted by Gasteiger charge is -2.41. The van der Waals surface area contributed by atoms with Crippen molar-refractivity contribution in [3.8, 4) is 0 Å². The van der Waals surface area contributed by atoms with E-state index < -0.39 is 0 Å². The van der Waals surface area contributed by atoms with Gasteiger partial charge in [0.25, 0.3) is 0 Å². The molecule has 0 aliphatic carbocycles. The van der Waals surface area contributed by atoms with Gasteiger partial charge in [-0.05, 0) is 0 Å². The Morgan fingerprint density at radius 3 is 2.50 bits per heavy atom. The Hall–Kier alpha value is -0.200. The minimum atomic E-state index is -0.247. The van der Waals surface area contributed by atoms with E-state index in [1.54, 1.807) is 14.2 Å². The molecule has 0 bridgehead atoms. The number of hydrazine groups is 1. The summed E-state index contributed by atoms with van der Waals surface area (Å²) in [5.74, 6) is 5.50. The van der Waals surface area contributed by atoms with Gasteiger partial charge in [0, 0.05) is 40.3 Å². The fraction of sp³-hybridized carbons (Fsp3) is 1.00. The van der Waals surface area contributed by atoms with Gasteiger partial charge in [-0.1, -0.05) is 0 Å². The molecular formula is C9H20N2O3. The molecule has 1 fully saturated rings. The predicted octanol–water partition coefficient (Wildman–Crippen LogP) is -0.340. The third-order valence-electron chi connectivity index (χ3n) is 2.92. The van der Waals surface area contributed by atoms with Crippen molar-refractivity contribution in [1.82, 2.24) is 5.43 Å². The molecule has 0 spiro atoms. The van der Waals surface area contributed by atoms with Gasteiger partial charge < -0.3 is 14.2 Å². The third-order valence-corrected chi connectivity index (χ3v) is 2.92. The summed E-state index contributed by atoms with van der Waals surface area (Å²) in [4.78, 5) is 0. The zero-order valence-electron chi connectivity index (χ0n) is 8.91. The molecule has 84 valence electrons. The highest BCUT2D eigenvalue weighted by molar-refractivity contribution is 4.93. The molecule has 5 heteroatoms. The predicted molar refractivity (Wildman–Crippen MR) is 52.8 cm³/mol. The first-order valence-electron chi connectivity index (χ1n) is 4.87. The molecule has 1 aliphatic heterocycles. The van der Waals surface area contributed by atoms with Crippen LogP contribution in [0.1, 0.15) is 12.8 Å². The molecule has 0 aromatic rings. The molecule has 1 aliphatic rings. The van der Waals surface area contributed by atoms with Gasteiger partial charge in [-0.25, -0.2) is 0 Å². The van der Waals surface area contributed by atoms with Crippen molar-refractivity contribution < 1.29 is 14.2 Å². The quantitative estimate of drug-likeness (QED) is 0.474. The van der Waals surface area contributed by atoms with E-state index in [1.807, 2.05) is 0 Å². The topological polar surface area (TPSA) is 65.7 Å². The number of nitrogens with one attached hydrogen (secondary N) is 1. The van der Waals surface area contributed by atoms with Crippen LogP contribution in [0.25, 0.3) is 0 Å². The molecule has 0 aromatic heterocycles. The van der Waals surface area contributed by atoms with Crippen LogP contribution in [0.5, 0.6) is 0 Å². The van der Waals surface area contributed by atoms with E-state index in [9.17, 15) is 0 Å². The summed E-state index contributed by atoms with van der Waals surface area (Å²) in [6.45, 7) is 1.98. The molecule has 1 rings (SSSR count). The lowest BCUT2D eigenvalue weighted by Crippen LogP contribution is -2.59. The number of methoxy groups -OCH3 is 2. The molecule has 1 unspecified atom stereocenters. The Kier molecular flexibility index (Phi) is 4.77. The van der Waals surface area contributed by atoms with Gasteiger partial charge in [0.15, 0.2) is 0 Å². The fourth-order valence-electron chi connectivity index (χ4n) is 1.93. The van der Waals surface area contributed by atoms with Crippen molar-refractivity contribution in [3.05, 3.63) is 0 Å². The van der Waals surface area contributed by atoms with Gasteiger partial charge in [0.05, 0.1) is 18.2 Å². The monoisotopic (exact) mass is 204 g/mol. The van der Waals surface area contributed by atoms with Crippen LogP contribution in [0.2, 0.25) is 0 Å². The van der Waals surface area contributed by atoms with E-state index in [-0.39, 0.29) is 11.6 Å². The minimum Gasteiger partial charge on any atom is -0.383 e. The normalized spacial score (nSPS) is 23.4. The largest absolute Gasteiger partial charge is 0.383 e. The van der Waals surface area contributed by atoms with E-state index in [0.717, 1.165) is 26.1 Å². The average Bonchev–Trinajstić information content (AvgIpc) is 2.27. The van der Waals surface area contributed by atoms with Crippen molar-refractivity contribution in [2.45, 2.75) is 24.5 Å². The third kappa shape index (κ3) is 2.43. The highest BCUT2D eigenvalue weighted by Gasteiger charge is 2.40. The second-order valence-electron chi connectivity index (χ2n) is 3.56. The molecule has 0 radical (unpaired) electrons. The van der Waals surface area contributed by atoms with Gasteiger partial charge in [-0.2, -0.15) is 0 Å². The first-order valence-corrected chi connectivity index (χ1v) is 4.87. The number of ether oxygens (including phenoxy) is 3. The molecule has 14 heavy (non-hydrogen) atoms. The molecule has 0 amide bonds. The van der Waals surface area contributed by atoms with Crippen LogP contribution in [0.4, 0.5) is 0 Å². The van der Waals surface area contributed by atoms with Crippen molar-refractivity contribution in [3.63, 3.8) is 0 Å². The maximum Gasteiger partial charge on any atom is 0.0910 e. The molecule has 5 nitrogen and oxygen atoms in total. The summed E-state index contributed by atoms with van der Waals surface area (Å²) in [6, 6.07) is 0.0152. The molecule has 0 saturated carbocycles. The van der Waals surface area contributed by atoms with Crippen molar-refractivity contribution in [2.75, 3.05) is 34.0 Å². The van der Waals surface area contributed by atoms with Crippen LogP contribution in [-0.4, -0.2) is 45.7 Å². The number of hydrogen-bond acceptors (Lipinski definition) is 5. The second kappa shape index (κ2) is 5.63. The number of nitrogens with two attached hydrogens (primary N) is 1. The molecule has 0 aromatic carbocycles. The van der Waals surface area contributed by atoms with Gasteiger partial charge in [0.1, 0.15) is 0 Å². The van der Waals surface area contributed by atoms with E-state index in [4.69, 9.17) is 20.1 Å². The lowest BCUT2D eigenvalue weighted by molar-refractivity contribution is -0.120. The van der Waals surface area contributed by atoms with E-state index in [0.29, 0.717) is 6.61 Å². The SMILES string of the molecule is COCC(NN)C1(OC)CCOCC1. The van der Waals surface area contributed by atoms with E-state index in [2.05, 4.69) is 5.43 Å². The Morgan fingerprint density at radius 2 is 2.07 bits per heavy atom. The van der Waals surface area contributed by atoms with Gasteiger partial charge >= 0.3 is 0 Å². The summed E-state index contributed by atoms with van der Waals surface area (Å²) in [6.07, 6.45) is 1.70. The Labute approximate surface area is 84.9 Å². The van der Waals surface area contributed by atoms with Crippen LogP contribution < -0.4 is 11.3 Å². The zero-order chi connectivity index (χ0) is 10.4. The van der Waals surface area contributed by atoms with E-state index in [1.165, 1.54) is 0 Å². The van der Waals surface area contributed by atoms with Crippen LogP contribution in [0, 0.1) is 0 Å². The maximum atomic E-state index is 5.58. The van der Waals surface area contributed by atoms with Gasteiger partial charge in [0.2, 0.25) is 0 Å². The first-order chi connectivity index (χ1) is 6.79. The van der Waals surface area contributed by atoms with Crippen molar-refractivity contribution in [1.29, 1.82) is 0 Å². The summed E-state index contributed by atoms with van der Waals surface area (Å²) in [5.41, 5.74) is 2.51. The van der Waals surface area contributed by atoms with Crippen LogP contribution in [-0.2, 0) is 14.2 Å². The highest BCUT2D eigenvalue weighted by atomic mass is 16.5. The Bertz CT molecular complexity index is 160. The standard InChI is InChI=1S/C9H20N2O3/c1-12-7-8(11-10)9(13-2)3-5-14-6-4-9/h8,11H,3-7,10H2,1-2H3. The maximum absolute atomic E-state index is 5.58. The lowest BCUT2D eigenvalue weighted by atomic mass is 9.86. The Morgan fingerprint density at radius 1 is 1.43 bits per heavy atom. The molecule has 1 heterocycles. The van der Waals surface area contributed by atoms with Crippen LogP contribution in [0.15, 0.2) is 0 Å². The number of hydrogen-bond donors (Lipinski definition) is 2. The summed E-state index contributed by atoms with van der Waals surface area (Å²) >= 11 is 0. The summed E-state index contributed by atoms with van der Waals surface area (Å²) in [5, 5.41) is 0. The highest BCUT2D eigenvalue weighted by Crippen LogP contribution is 2.28. The first kappa shape index (κ1) is 11.9. The fourth-order valence-corrected chi connectivity index (χ4v) is 1.93. The van der Waals surface area contributed by atoms with E-state index >= 15 is 0 Å². The van der Waals surface area contributed by atoms with Gasteiger partial charge in [-0.3, -0.25) is 11.3 Å². The smallest absolute Gasteiger partial charge is 0.0910 e. The number of rotatable bonds is 5.